The highest BCUT2D eigenvalue weighted by Gasteiger charge is 2.18. The lowest BCUT2D eigenvalue weighted by molar-refractivity contribution is -0.121. The van der Waals surface area contributed by atoms with Gasteiger partial charge < -0.3 is 10.6 Å². The number of hydrogen-bond donors (Lipinski definition) is 2. The van der Waals surface area contributed by atoms with Crippen LogP contribution in [-0.2, 0) is 17.6 Å². The Hall–Kier alpha value is -1.65. The van der Waals surface area contributed by atoms with Gasteiger partial charge in [-0.3, -0.25) is 4.79 Å². The van der Waals surface area contributed by atoms with Gasteiger partial charge >= 0.3 is 0 Å². The van der Waals surface area contributed by atoms with Gasteiger partial charge in [-0.2, -0.15) is 0 Å². The smallest absolute Gasteiger partial charge is 0.242 e. The van der Waals surface area contributed by atoms with Gasteiger partial charge in [-0.25, -0.2) is 9.97 Å². The van der Waals surface area contributed by atoms with E-state index in [1.165, 1.54) is 24.8 Å². The second-order valence-corrected chi connectivity index (χ2v) is 5.37. The Balaban J connectivity index is 2.07. The lowest BCUT2D eigenvalue weighted by Gasteiger charge is -2.17. The van der Waals surface area contributed by atoms with Gasteiger partial charge in [0.2, 0.25) is 5.91 Å². The first-order chi connectivity index (χ1) is 9.72. The molecule has 0 bridgehead atoms. The Morgan fingerprint density at radius 2 is 2.10 bits per heavy atom. The van der Waals surface area contributed by atoms with E-state index in [2.05, 4.69) is 20.6 Å². The van der Waals surface area contributed by atoms with Crippen molar-refractivity contribution in [1.82, 2.24) is 15.3 Å². The Morgan fingerprint density at radius 1 is 1.30 bits per heavy atom. The number of rotatable bonds is 5. The zero-order valence-corrected chi connectivity index (χ0v) is 12.4. The zero-order valence-electron chi connectivity index (χ0n) is 12.4. The van der Waals surface area contributed by atoms with Crippen LogP contribution in [0.3, 0.4) is 0 Å². The molecular weight excluding hydrogens is 252 g/mol. The Labute approximate surface area is 120 Å². The van der Waals surface area contributed by atoms with Crippen LogP contribution in [0.15, 0.2) is 6.33 Å². The summed E-state index contributed by atoms with van der Waals surface area (Å²) in [4.78, 5) is 20.6. The molecule has 1 aliphatic carbocycles. The summed E-state index contributed by atoms with van der Waals surface area (Å²) >= 11 is 0. The molecule has 0 radical (unpaired) electrons. The third-order valence-corrected chi connectivity index (χ3v) is 3.67. The Kier molecular flexibility index (Phi) is 5.32. The van der Waals surface area contributed by atoms with Crippen molar-refractivity contribution in [3.8, 4) is 0 Å². The summed E-state index contributed by atoms with van der Waals surface area (Å²) in [6, 6.07) is -0.274. The number of amides is 1. The first-order valence-electron chi connectivity index (χ1n) is 7.59. The number of nitrogens with one attached hydrogen (secondary N) is 2. The molecule has 0 fully saturated rings. The van der Waals surface area contributed by atoms with E-state index in [0.717, 1.165) is 30.8 Å². The molecule has 0 saturated heterocycles. The van der Waals surface area contributed by atoms with E-state index in [1.54, 1.807) is 6.33 Å². The maximum atomic E-state index is 11.9. The van der Waals surface area contributed by atoms with Gasteiger partial charge in [0.1, 0.15) is 18.2 Å². The minimum absolute atomic E-state index is 0.0211. The molecule has 1 atom stereocenters. The number of aromatic nitrogens is 2. The molecule has 110 valence electrons. The maximum absolute atomic E-state index is 11.9. The normalized spacial score (nSPS) is 15.9. The van der Waals surface area contributed by atoms with Crippen LogP contribution in [0, 0.1) is 0 Å². The second-order valence-electron chi connectivity index (χ2n) is 5.37. The van der Waals surface area contributed by atoms with Crippen LogP contribution in [0.2, 0.25) is 0 Å². The lowest BCUT2D eigenvalue weighted by atomic mass is 10.1. The summed E-state index contributed by atoms with van der Waals surface area (Å²) in [7, 11) is 0. The molecule has 1 aliphatic rings. The molecule has 1 amide bonds. The van der Waals surface area contributed by atoms with Crippen LogP contribution < -0.4 is 10.6 Å². The van der Waals surface area contributed by atoms with E-state index in [1.807, 2.05) is 13.8 Å². The van der Waals surface area contributed by atoms with Crippen molar-refractivity contribution in [3.63, 3.8) is 0 Å². The summed E-state index contributed by atoms with van der Waals surface area (Å²) in [5.74, 6) is 0.851. The van der Waals surface area contributed by atoms with E-state index < -0.39 is 0 Å². The fourth-order valence-corrected chi connectivity index (χ4v) is 2.49. The standard InChI is InChI=1S/C15H24N4O/c1-3-9-16-15(20)11(2)19-14-12-7-5-4-6-8-13(12)17-10-18-14/h10-11H,3-9H2,1-2H3,(H,16,20)(H,17,18,19). The number of carbonyl (C=O) groups excluding carboxylic acids is 1. The molecule has 1 aromatic rings. The molecule has 2 rings (SSSR count). The predicted octanol–water partition coefficient (Wildman–Crippen LogP) is 2.07. The van der Waals surface area contributed by atoms with Gasteiger partial charge in [0.25, 0.3) is 0 Å². The fourth-order valence-electron chi connectivity index (χ4n) is 2.49. The number of carbonyl (C=O) groups is 1. The van der Waals surface area contributed by atoms with Gasteiger partial charge in [0.05, 0.1) is 0 Å². The average Bonchev–Trinajstić information content (AvgIpc) is 2.70. The van der Waals surface area contributed by atoms with Crippen LogP contribution in [0.4, 0.5) is 5.82 Å². The van der Waals surface area contributed by atoms with E-state index in [0.29, 0.717) is 6.54 Å². The molecule has 1 aromatic heterocycles. The molecular formula is C15H24N4O. The third kappa shape index (κ3) is 3.68. The highest BCUT2D eigenvalue weighted by molar-refractivity contribution is 5.84. The largest absolute Gasteiger partial charge is 0.358 e. The van der Waals surface area contributed by atoms with Crippen molar-refractivity contribution in [1.29, 1.82) is 0 Å². The van der Waals surface area contributed by atoms with Gasteiger partial charge in [0, 0.05) is 17.8 Å². The highest BCUT2D eigenvalue weighted by Crippen LogP contribution is 2.24. The van der Waals surface area contributed by atoms with Crippen molar-refractivity contribution >= 4 is 11.7 Å². The highest BCUT2D eigenvalue weighted by atomic mass is 16.2. The molecule has 20 heavy (non-hydrogen) atoms. The van der Waals surface area contributed by atoms with Gasteiger partial charge in [0.15, 0.2) is 0 Å². The van der Waals surface area contributed by atoms with E-state index in [-0.39, 0.29) is 11.9 Å². The summed E-state index contributed by atoms with van der Waals surface area (Å²) in [5.41, 5.74) is 2.33. The predicted molar refractivity (Wildman–Crippen MR) is 79.7 cm³/mol. The van der Waals surface area contributed by atoms with Crippen LogP contribution in [0.5, 0.6) is 0 Å². The number of aryl methyl sites for hydroxylation is 1. The van der Waals surface area contributed by atoms with Crippen LogP contribution in [0.25, 0.3) is 0 Å². The first-order valence-corrected chi connectivity index (χ1v) is 7.59. The van der Waals surface area contributed by atoms with Crippen molar-refractivity contribution in [2.24, 2.45) is 0 Å². The van der Waals surface area contributed by atoms with Crippen LogP contribution in [0.1, 0.15) is 50.8 Å². The SMILES string of the molecule is CCCNC(=O)C(C)Nc1ncnc2c1CCCCC2. The van der Waals surface area contributed by atoms with Crippen molar-refractivity contribution in [2.45, 2.75) is 58.4 Å². The molecule has 0 aromatic carbocycles. The fraction of sp³-hybridized carbons (Fsp3) is 0.667. The minimum atomic E-state index is -0.274. The number of hydrogen-bond acceptors (Lipinski definition) is 4. The lowest BCUT2D eigenvalue weighted by Crippen LogP contribution is -2.38. The summed E-state index contributed by atoms with van der Waals surface area (Å²) in [6.07, 6.45) is 8.17. The number of fused-ring (bicyclic) bond motifs is 1. The summed E-state index contributed by atoms with van der Waals surface area (Å²) < 4.78 is 0. The summed E-state index contributed by atoms with van der Waals surface area (Å²) in [6.45, 7) is 4.63. The van der Waals surface area contributed by atoms with Crippen LogP contribution >= 0.6 is 0 Å². The van der Waals surface area contributed by atoms with Crippen molar-refractivity contribution in [3.05, 3.63) is 17.6 Å². The minimum Gasteiger partial charge on any atom is -0.358 e. The molecule has 2 N–H and O–H groups in total. The van der Waals surface area contributed by atoms with E-state index in [4.69, 9.17) is 0 Å². The zero-order chi connectivity index (χ0) is 14.4. The van der Waals surface area contributed by atoms with Gasteiger partial charge in [-0.05, 0) is 39.0 Å². The monoisotopic (exact) mass is 276 g/mol. The molecule has 1 heterocycles. The number of nitrogens with zero attached hydrogens (tertiary/aromatic N) is 2. The van der Waals surface area contributed by atoms with Gasteiger partial charge in [-0.15, -0.1) is 0 Å². The second kappa shape index (κ2) is 7.22. The molecule has 5 heteroatoms. The Bertz CT molecular complexity index is 461. The van der Waals surface area contributed by atoms with Crippen molar-refractivity contribution in [2.75, 3.05) is 11.9 Å². The molecule has 1 unspecified atom stereocenters. The maximum Gasteiger partial charge on any atom is 0.242 e. The van der Waals surface area contributed by atoms with E-state index >= 15 is 0 Å². The first kappa shape index (κ1) is 14.8. The van der Waals surface area contributed by atoms with Gasteiger partial charge in [-0.1, -0.05) is 13.3 Å². The average molecular weight is 276 g/mol. The quantitative estimate of drug-likeness (QED) is 0.808. The third-order valence-electron chi connectivity index (χ3n) is 3.67. The topological polar surface area (TPSA) is 66.9 Å². The van der Waals surface area contributed by atoms with Crippen LogP contribution in [-0.4, -0.2) is 28.5 Å². The molecule has 0 aliphatic heterocycles. The van der Waals surface area contributed by atoms with E-state index in [9.17, 15) is 4.79 Å². The molecule has 5 nitrogen and oxygen atoms in total. The number of anilines is 1. The molecule has 0 spiro atoms. The van der Waals surface area contributed by atoms with Crippen molar-refractivity contribution < 1.29 is 4.79 Å². The molecule has 0 saturated carbocycles. The summed E-state index contributed by atoms with van der Waals surface area (Å²) in [5, 5.41) is 6.14. The Morgan fingerprint density at radius 3 is 2.90 bits per heavy atom.